The van der Waals surface area contributed by atoms with E-state index in [0.717, 1.165) is 27.4 Å². The van der Waals surface area contributed by atoms with Gasteiger partial charge in [-0.25, -0.2) is 0 Å². The van der Waals surface area contributed by atoms with Crippen LogP contribution < -0.4 is 4.74 Å². The molecule has 1 fully saturated rings. The van der Waals surface area contributed by atoms with Crippen LogP contribution >= 0.6 is 11.8 Å². The van der Waals surface area contributed by atoms with Crippen LogP contribution in [0, 0.1) is 0 Å². The SMILES string of the molecule is COc1ccc2ccccc2c1C=C1SC(=O)N(CC(=O)OC(C)(C)C)C1=O. The molecule has 0 unspecified atom stereocenters. The summed E-state index contributed by atoms with van der Waals surface area (Å²) in [7, 11) is 1.55. The maximum absolute atomic E-state index is 12.7. The zero-order valence-corrected chi connectivity index (χ0v) is 17.0. The van der Waals surface area contributed by atoms with E-state index in [1.54, 1.807) is 34.0 Å². The average Bonchev–Trinajstić information content (AvgIpc) is 2.88. The van der Waals surface area contributed by atoms with Gasteiger partial charge in [0.05, 0.1) is 12.0 Å². The Hall–Kier alpha value is -2.80. The van der Waals surface area contributed by atoms with Gasteiger partial charge in [-0.05, 0) is 55.4 Å². The zero-order valence-electron chi connectivity index (χ0n) is 16.1. The highest BCUT2D eigenvalue weighted by atomic mass is 32.2. The number of benzene rings is 2. The number of amides is 2. The summed E-state index contributed by atoms with van der Waals surface area (Å²) in [5, 5.41) is 1.39. The summed E-state index contributed by atoms with van der Waals surface area (Å²) in [4.78, 5) is 38.2. The van der Waals surface area contributed by atoms with Crippen LogP contribution in [0.15, 0.2) is 41.3 Å². The van der Waals surface area contributed by atoms with Gasteiger partial charge in [-0.15, -0.1) is 0 Å². The van der Waals surface area contributed by atoms with Crippen LogP contribution in [0.2, 0.25) is 0 Å². The van der Waals surface area contributed by atoms with E-state index in [9.17, 15) is 14.4 Å². The van der Waals surface area contributed by atoms with Crippen molar-refractivity contribution in [1.29, 1.82) is 0 Å². The Balaban J connectivity index is 1.92. The second-order valence-corrected chi connectivity index (χ2v) is 8.25. The normalized spacial score (nSPS) is 16.1. The number of imide groups is 1. The van der Waals surface area contributed by atoms with E-state index in [1.165, 1.54) is 0 Å². The fraction of sp³-hybridized carbons (Fsp3) is 0.286. The lowest BCUT2D eigenvalue weighted by atomic mass is 10.0. The van der Waals surface area contributed by atoms with Crippen LogP contribution in [-0.2, 0) is 14.3 Å². The minimum absolute atomic E-state index is 0.239. The van der Waals surface area contributed by atoms with Crippen molar-refractivity contribution in [3.8, 4) is 5.75 Å². The monoisotopic (exact) mass is 399 g/mol. The molecular weight excluding hydrogens is 378 g/mol. The van der Waals surface area contributed by atoms with Crippen molar-refractivity contribution in [2.45, 2.75) is 26.4 Å². The van der Waals surface area contributed by atoms with Crippen molar-refractivity contribution in [3.05, 3.63) is 46.9 Å². The lowest BCUT2D eigenvalue weighted by molar-refractivity contribution is -0.156. The maximum atomic E-state index is 12.7. The molecule has 0 saturated carbocycles. The molecule has 146 valence electrons. The summed E-state index contributed by atoms with van der Waals surface area (Å²) in [6.07, 6.45) is 1.64. The van der Waals surface area contributed by atoms with E-state index < -0.39 is 29.3 Å². The first-order valence-electron chi connectivity index (χ1n) is 8.72. The minimum Gasteiger partial charge on any atom is -0.496 e. The second-order valence-electron chi connectivity index (χ2n) is 7.26. The molecule has 0 N–H and O–H groups in total. The molecule has 2 aromatic carbocycles. The maximum Gasteiger partial charge on any atom is 0.326 e. The van der Waals surface area contributed by atoms with Crippen LogP contribution in [0.5, 0.6) is 5.75 Å². The van der Waals surface area contributed by atoms with Crippen LogP contribution in [0.4, 0.5) is 4.79 Å². The third kappa shape index (κ3) is 4.20. The zero-order chi connectivity index (χ0) is 20.5. The molecule has 0 aromatic heterocycles. The number of fused-ring (bicyclic) bond motifs is 1. The van der Waals surface area contributed by atoms with Gasteiger partial charge in [-0.1, -0.05) is 30.3 Å². The fourth-order valence-corrected chi connectivity index (χ4v) is 3.69. The van der Waals surface area contributed by atoms with Crippen molar-refractivity contribution in [3.63, 3.8) is 0 Å². The molecule has 1 saturated heterocycles. The third-order valence-corrected chi connectivity index (χ3v) is 4.91. The molecule has 1 aliphatic heterocycles. The molecule has 0 spiro atoms. The molecular formula is C21H21NO5S. The van der Waals surface area contributed by atoms with E-state index in [2.05, 4.69) is 0 Å². The fourth-order valence-electron chi connectivity index (χ4n) is 2.87. The van der Waals surface area contributed by atoms with Crippen molar-refractivity contribution >= 4 is 45.7 Å². The summed E-state index contributed by atoms with van der Waals surface area (Å²) in [5.41, 5.74) is 0.0220. The van der Waals surface area contributed by atoms with Crippen molar-refractivity contribution < 1.29 is 23.9 Å². The van der Waals surface area contributed by atoms with Crippen LogP contribution in [0.1, 0.15) is 26.3 Å². The number of hydrogen-bond acceptors (Lipinski definition) is 6. The number of carbonyl (C=O) groups excluding carboxylic acids is 3. The summed E-state index contributed by atoms with van der Waals surface area (Å²) in [6.45, 7) is 4.77. The standard InChI is InChI=1S/C21H21NO5S/c1-21(2,3)27-18(23)12-22-19(24)17(28-20(22)25)11-15-14-8-6-5-7-13(14)9-10-16(15)26-4/h5-11H,12H2,1-4H3. The van der Waals surface area contributed by atoms with Crippen LogP contribution in [0.3, 0.4) is 0 Å². The Morgan fingerprint density at radius 3 is 2.54 bits per heavy atom. The molecule has 28 heavy (non-hydrogen) atoms. The molecule has 2 aromatic rings. The third-order valence-electron chi connectivity index (χ3n) is 4.01. The van der Waals surface area contributed by atoms with Gasteiger partial charge in [0, 0.05) is 5.56 Å². The summed E-state index contributed by atoms with van der Waals surface area (Å²) in [5.74, 6) is -0.549. The number of rotatable bonds is 4. The van der Waals surface area contributed by atoms with Gasteiger partial charge in [-0.2, -0.15) is 0 Å². The number of methoxy groups -OCH3 is 1. The number of ether oxygens (including phenoxy) is 2. The van der Waals surface area contributed by atoms with Gasteiger partial charge in [0.15, 0.2) is 0 Å². The van der Waals surface area contributed by atoms with Crippen LogP contribution in [0.25, 0.3) is 16.8 Å². The van der Waals surface area contributed by atoms with Gasteiger partial charge >= 0.3 is 5.97 Å². The first kappa shape index (κ1) is 19.9. The van der Waals surface area contributed by atoms with E-state index in [1.807, 2.05) is 36.4 Å². The summed E-state index contributed by atoms with van der Waals surface area (Å²) >= 11 is 0.800. The average molecular weight is 399 g/mol. The highest BCUT2D eigenvalue weighted by Gasteiger charge is 2.37. The first-order chi connectivity index (χ1) is 13.2. The Morgan fingerprint density at radius 2 is 1.86 bits per heavy atom. The van der Waals surface area contributed by atoms with Gasteiger partial charge < -0.3 is 9.47 Å². The highest BCUT2D eigenvalue weighted by Crippen LogP contribution is 2.36. The number of thioether (sulfide) groups is 1. The summed E-state index contributed by atoms with van der Waals surface area (Å²) < 4.78 is 10.6. The molecule has 3 rings (SSSR count). The molecule has 1 heterocycles. The minimum atomic E-state index is -0.689. The first-order valence-corrected chi connectivity index (χ1v) is 9.54. The van der Waals surface area contributed by atoms with E-state index in [4.69, 9.17) is 9.47 Å². The van der Waals surface area contributed by atoms with Gasteiger partial charge in [-0.3, -0.25) is 19.3 Å². The van der Waals surface area contributed by atoms with Crippen molar-refractivity contribution in [2.24, 2.45) is 0 Å². The van der Waals surface area contributed by atoms with Crippen molar-refractivity contribution in [2.75, 3.05) is 13.7 Å². The number of hydrogen-bond donors (Lipinski definition) is 0. The van der Waals surface area contributed by atoms with Gasteiger partial charge in [0.25, 0.3) is 11.1 Å². The molecule has 0 radical (unpaired) electrons. The number of esters is 1. The Morgan fingerprint density at radius 1 is 1.14 bits per heavy atom. The van der Waals surface area contributed by atoms with E-state index in [0.29, 0.717) is 11.3 Å². The predicted octanol–water partition coefficient (Wildman–Crippen LogP) is 4.23. The summed E-state index contributed by atoms with van der Waals surface area (Å²) in [6, 6.07) is 11.5. The molecule has 7 heteroatoms. The lowest BCUT2D eigenvalue weighted by Gasteiger charge is -2.21. The Kier molecular flexibility index (Phi) is 5.47. The molecule has 0 atom stereocenters. The number of carbonyl (C=O) groups is 3. The molecule has 6 nitrogen and oxygen atoms in total. The Bertz CT molecular complexity index is 990. The van der Waals surface area contributed by atoms with Gasteiger partial charge in [0.1, 0.15) is 17.9 Å². The predicted molar refractivity (Wildman–Crippen MR) is 109 cm³/mol. The van der Waals surface area contributed by atoms with E-state index in [-0.39, 0.29) is 4.91 Å². The largest absolute Gasteiger partial charge is 0.496 e. The lowest BCUT2D eigenvalue weighted by Crippen LogP contribution is -2.37. The molecule has 2 amide bonds. The van der Waals surface area contributed by atoms with Gasteiger partial charge in [0.2, 0.25) is 0 Å². The molecule has 0 aliphatic carbocycles. The van der Waals surface area contributed by atoms with E-state index >= 15 is 0 Å². The highest BCUT2D eigenvalue weighted by molar-refractivity contribution is 8.18. The quantitative estimate of drug-likeness (QED) is 0.566. The second kappa shape index (κ2) is 7.67. The Labute approximate surface area is 167 Å². The van der Waals surface area contributed by atoms with Crippen molar-refractivity contribution in [1.82, 2.24) is 4.90 Å². The topological polar surface area (TPSA) is 72.9 Å². The molecule has 0 bridgehead atoms. The molecule has 1 aliphatic rings. The smallest absolute Gasteiger partial charge is 0.326 e. The number of nitrogens with zero attached hydrogens (tertiary/aromatic N) is 1. The van der Waals surface area contributed by atoms with Crippen LogP contribution in [-0.4, -0.2) is 41.3 Å².